The van der Waals surface area contributed by atoms with Gasteiger partial charge in [0.2, 0.25) is 0 Å². The van der Waals surface area contributed by atoms with Gasteiger partial charge in [-0.3, -0.25) is 4.98 Å². The van der Waals surface area contributed by atoms with Crippen molar-refractivity contribution < 1.29 is 35.1 Å². The summed E-state index contributed by atoms with van der Waals surface area (Å²) < 4.78 is 6.29. The Balaban J connectivity index is 1.02. The number of para-hydroxylation sites is 1. The Morgan fingerprint density at radius 2 is 1.65 bits per heavy atom. The van der Waals surface area contributed by atoms with Crippen molar-refractivity contribution in [3.05, 3.63) is 82.6 Å². The fourth-order valence-electron chi connectivity index (χ4n) is 6.89. The number of amides is 2. The lowest BCUT2D eigenvalue weighted by Crippen LogP contribution is -2.50. The zero-order valence-corrected chi connectivity index (χ0v) is 28.5. The summed E-state index contributed by atoms with van der Waals surface area (Å²) in [5, 5.41) is 54.0. The number of pyridine rings is 1. The minimum absolute atomic E-state index is 0.0632. The van der Waals surface area contributed by atoms with Crippen molar-refractivity contribution in [3.8, 4) is 16.9 Å². The molecule has 264 valence electrons. The summed E-state index contributed by atoms with van der Waals surface area (Å²) in [4.78, 5) is 16.8. The van der Waals surface area contributed by atoms with Crippen molar-refractivity contribution in [2.24, 2.45) is 0 Å². The first-order chi connectivity index (χ1) is 23.6. The van der Waals surface area contributed by atoms with Gasteiger partial charge in [-0.05, 0) is 115 Å². The highest BCUT2D eigenvalue weighted by atomic mass is 35.5. The summed E-state index contributed by atoms with van der Waals surface area (Å²) in [5.41, 5.74) is 6.20. The highest BCUT2D eigenvalue weighted by Gasteiger charge is 2.46. The minimum Gasteiger partial charge on any atom is -0.490 e. The Morgan fingerprint density at radius 1 is 0.918 bits per heavy atom. The van der Waals surface area contributed by atoms with Crippen LogP contribution in [0.15, 0.2) is 60.9 Å². The summed E-state index contributed by atoms with van der Waals surface area (Å²) >= 11 is 6.78. The maximum Gasteiger partial charge on any atom is 0.314 e. The molecule has 2 aromatic carbocycles. The zero-order chi connectivity index (χ0) is 34.6. The molecule has 3 aliphatic carbocycles. The third-order valence-electron chi connectivity index (χ3n) is 10.5. The molecule has 10 nitrogen and oxygen atoms in total. The lowest BCUT2D eigenvalue weighted by molar-refractivity contribution is -0.113. The van der Waals surface area contributed by atoms with Crippen molar-refractivity contribution in [1.29, 1.82) is 0 Å². The van der Waals surface area contributed by atoms with Crippen molar-refractivity contribution in [2.45, 2.75) is 106 Å². The number of aliphatic hydroxyl groups excluding tert-OH is 5. The number of carbonyl (C=O) groups is 1. The molecule has 0 bridgehead atoms. The Hall–Kier alpha value is -3.25. The Morgan fingerprint density at radius 3 is 2.37 bits per heavy atom. The number of hydrogen-bond acceptors (Lipinski definition) is 8. The van der Waals surface area contributed by atoms with E-state index in [1.807, 2.05) is 24.5 Å². The second-order valence-electron chi connectivity index (χ2n) is 14.1. The second kappa shape index (κ2) is 15.3. The molecule has 1 aromatic heterocycles. The van der Waals surface area contributed by atoms with E-state index in [1.54, 1.807) is 0 Å². The molecule has 0 saturated heterocycles. The van der Waals surface area contributed by atoms with Gasteiger partial charge in [0.15, 0.2) is 0 Å². The molecule has 3 aromatic rings. The van der Waals surface area contributed by atoms with Crippen molar-refractivity contribution in [3.63, 3.8) is 0 Å². The smallest absolute Gasteiger partial charge is 0.314 e. The summed E-state index contributed by atoms with van der Waals surface area (Å²) in [5.74, 6) is 0.945. The average Bonchev–Trinajstić information content (AvgIpc) is 4.00. The largest absolute Gasteiger partial charge is 0.490 e. The summed E-state index contributed by atoms with van der Waals surface area (Å²) in [6, 6.07) is 16.4. The summed E-state index contributed by atoms with van der Waals surface area (Å²) in [6.07, 6.45) is 7.82. The van der Waals surface area contributed by atoms with Crippen LogP contribution in [0.1, 0.15) is 74.5 Å². The SMILES string of the molecule is O=C(NCCCC1(c2ccc(Cl)c(CCC3(c4cnccc4-c4ccccc4OC4CC4)CC3)c2)CC1)NC[C@H](O)[C@@H](O)[C@H](O)[C@H](O)CO. The molecule has 0 spiro atoms. The van der Waals surface area contributed by atoms with Crippen LogP contribution in [0.3, 0.4) is 0 Å². The first kappa shape index (κ1) is 35.6. The molecule has 6 rings (SSSR count). The highest BCUT2D eigenvalue weighted by Crippen LogP contribution is 2.56. The van der Waals surface area contributed by atoms with E-state index in [9.17, 15) is 25.2 Å². The van der Waals surface area contributed by atoms with Crippen LogP contribution in [0, 0.1) is 0 Å². The molecule has 0 aliphatic heterocycles. The van der Waals surface area contributed by atoms with Gasteiger partial charge in [-0.25, -0.2) is 4.79 Å². The predicted octanol–water partition coefficient (Wildman–Crippen LogP) is 4.15. The molecule has 0 radical (unpaired) electrons. The molecular weight excluding hydrogens is 646 g/mol. The molecule has 4 atom stereocenters. The average molecular weight is 694 g/mol. The predicted molar refractivity (Wildman–Crippen MR) is 187 cm³/mol. The molecule has 0 unspecified atom stereocenters. The second-order valence-corrected chi connectivity index (χ2v) is 14.5. The Kier molecular flexibility index (Phi) is 11.1. The fourth-order valence-corrected chi connectivity index (χ4v) is 7.10. The van der Waals surface area contributed by atoms with Gasteiger partial charge in [0.1, 0.15) is 24.1 Å². The van der Waals surface area contributed by atoms with Gasteiger partial charge >= 0.3 is 6.03 Å². The number of hydrogen-bond donors (Lipinski definition) is 7. The Labute approximate surface area is 292 Å². The first-order valence-electron chi connectivity index (χ1n) is 17.5. The van der Waals surface area contributed by atoms with E-state index in [-0.39, 0.29) is 17.4 Å². The van der Waals surface area contributed by atoms with E-state index in [0.29, 0.717) is 12.6 Å². The number of aromatic nitrogens is 1. The number of carbonyl (C=O) groups excluding carboxylic acids is 1. The Bertz CT molecular complexity index is 1590. The van der Waals surface area contributed by atoms with Gasteiger partial charge in [-0.15, -0.1) is 0 Å². The lowest BCUT2D eigenvalue weighted by atomic mass is 9.84. The van der Waals surface area contributed by atoms with Crippen LogP contribution in [0.4, 0.5) is 4.79 Å². The van der Waals surface area contributed by atoms with Gasteiger partial charge in [0.05, 0.1) is 18.8 Å². The molecular formula is C38H48ClN3O7. The number of ether oxygens (including phenoxy) is 1. The third kappa shape index (κ3) is 8.56. The van der Waals surface area contributed by atoms with Crippen LogP contribution in [0.5, 0.6) is 5.75 Å². The van der Waals surface area contributed by atoms with Crippen LogP contribution in [0.2, 0.25) is 5.02 Å². The summed E-state index contributed by atoms with van der Waals surface area (Å²) in [7, 11) is 0. The molecule has 3 fully saturated rings. The molecule has 49 heavy (non-hydrogen) atoms. The number of halogens is 1. The van der Waals surface area contributed by atoms with E-state index in [2.05, 4.69) is 52.0 Å². The standard InChI is InChI=1S/C38H48ClN3O7/c39-30-9-6-25(37(14-15-37)12-3-18-41-36(48)42-22-31(44)34(46)35(47)32(45)23-43)20-24(30)10-13-38(16-17-38)29-21-40-19-11-27(29)28-4-1-2-5-33(28)49-26-7-8-26/h1-2,4-6,9,11,19-21,26,31-32,34-35,43-47H,3,7-8,10,12-18,22-23H2,(H2,41,42,48)/t31-,32+,34+,35+/m0/s1. The van der Waals surface area contributed by atoms with Crippen LogP contribution < -0.4 is 15.4 Å². The fraction of sp³-hybridized carbons (Fsp3) is 0.526. The van der Waals surface area contributed by atoms with E-state index < -0.39 is 37.1 Å². The topological polar surface area (TPSA) is 164 Å². The van der Waals surface area contributed by atoms with Crippen molar-refractivity contribution in [1.82, 2.24) is 15.6 Å². The van der Waals surface area contributed by atoms with Crippen LogP contribution in [0.25, 0.3) is 11.1 Å². The van der Waals surface area contributed by atoms with Gasteiger partial charge in [0, 0.05) is 36.1 Å². The van der Waals surface area contributed by atoms with Crippen LogP contribution in [-0.2, 0) is 17.3 Å². The number of aryl methyl sites for hydroxylation is 1. The number of nitrogens with zero attached hydrogens (tertiary/aromatic N) is 1. The van der Waals surface area contributed by atoms with Gasteiger partial charge in [-0.2, -0.15) is 0 Å². The molecule has 3 saturated carbocycles. The molecule has 1 heterocycles. The van der Waals surface area contributed by atoms with E-state index >= 15 is 0 Å². The number of aliphatic hydroxyl groups is 5. The van der Waals surface area contributed by atoms with Crippen molar-refractivity contribution in [2.75, 3.05) is 19.7 Å². The minimum atomic E-state index is -1.74. The molecule has 11 heteroatoms. The maximum atomic E-state index is 12.3. The number of nitrogens with one attached hydrogen (secondary N) is 2. The van der Waals surface area contributed by atoms with Gasteiger partial charge < -0.3 is 40.9 Å². The quantitative estimate of drug-likeness (QED) is 0.0977. The monoisotopic (exact) mass is 693 g/mol. The number of rotatable bonds is 18. The molecule has 7 N–H and O–H groups in total. The maximum absolute atomic E-state index is 12.3. The van der Waals surface area contributed by atoms with E-state index in [0.717, 1.165) is 86.1 Å². The first-order valence-corrected chi connectivity index (χ1v) is 17.9. The summed E-state index contributed by atoms with van der Waals surface area (Å²) in [6.45, 7) is -0.660. The number of benzene rings is 2. The van der Waals surface area contributed by atoms with Crippen molar-refractivity contribution >= 4 is 17.6 Å². The molecule has 3 aliphatic rings. The lowest BCUT2D eigenvalue weighted by Gasteiger charge is -2.25. The van der Waals surface area contributed by atoms with E-state index in [4.69, 9.17) is 21.4 Å². The van der Waals surface area contributed by atoms with E-state index in [1.165, 1.54) is 16.7 Å². The van der Waals surface area contributed by atoms with Crippen LogP contribution >= 0.6 is 11.6 Å². The van der Waals surface area contributed by atoms with Gasteiger partial charge in [-0.1, -0.05) is 41.9 Å². The number of urea groups is 1. The van der Waals surface area contributed by atoms with Gasteiger partial charge in [0.25, 0.3) is 0 Å². The highest BCUT2D eigenvalue weighted by molar-refractivity contribution is 6.31. The third-order valence-corrected chi connectivity index (χ3v) is 10.9. The zero-order valence-electron chi connectivity index (χ0n) is 27.7. The normalized spacial score (nSPS) is 19.7. The molecule has 2 amide bonds. The van der Waals surface area contributed by atoms with Crippen LogP contribution in [-0.4, -0.2) is 86.8 Å².